The highest BCUT2D eigenvalue weighted by Gasteiger charge is 2.30. The number of alkyl halides is 3. The van der Waals surface area contributed by atoms with Gasteiger partial charge in [0.1, 0.15) is 0 Å². The Bertz CT molecular complexity index is 869. The second-order valence-corrected chi connectivity index (χ2v) is 5.93. The van der Waals surface area contributed by atoms with Gasteiger partial charge in [-0.2, -0.15) is 13.2 Å². The number of hydrogen-bond acceptors (Lipinski definition) is 4. The minimum absolute atomic E-state index is 0.0163. The Hall–Kier alpha value is -2.94. The van der Waals surface area contributed by atoms with Crippen LogP contribution in [-0.4, -0.2) is 17.1 Å². The molecule has 0 heterocycles. The molecule has 0 bridgehead atoms. The van der Waals surface area contributed by atoms with Gasteiger partial charge < -0.3 is 5.32 Å². The molecular weight excluding hydrogens is 389 g/mol. The third kappa shape index (κ3) is 5.27. The fourth-order valence-corrected chi connectivity index (χ4v) is 2.58. The number of halogens is 4. The fourth-order valence-electron chi connectivity index (χ4n) is 2.28. The third-order valence-electron chi connectivity index (χ3n) is 3.60. The van der Waals surface area contributed by atoms with Crippen molar-refractivity contribution in [3.05, 3.63) is 74.3 Å². The van der Waals surface area contributed by atoms with Gasteiger partial charge in [0, 0.05) is 10.6 Å². The van der Waals surface area contributed by atoms with Crippen LogP contribution in [0.3, 0.4) is 0 Å². The predicted molar refractivity (Wildman–Crippen MR) is 91.0 cm³/mol. The number of nitrogens with zero attached hydrogens (tertiary/aromatic N) is 1. The van der Waals surface area contributed by atoms with Gasteiger partial charge in [0.05, 0.1) is 22.6 Å². The zero-order valence-corrected chi connectivity index (χ0v) is 14.3. The average molecular weight is 401 g/mol. The normalized spacial score (nSPS) is 12.3. The van der Waals surface area contributed by atoms with Crippen LogP contribution in [0.15, 0.2) is 42.5 Å². The monoisotopic (exact) mass is 400 g/mol. The summed E-state index contributed by atoms with van der Waals surface area (Å²) in [5.41, 5.74) is -0.229. The lowest BCUT2D eigenvalue weighted by molar-refractivity contribution is -0.511. The van der Waals surface area contributed by atoms with Crippen molar-refractivity contribution >= 4 is 29.5 Å². The molecule has 0 radical (unpaired) electrons. The third-order valence-corrected chi connectivity index (χ3v) is 3.93. The van der Waals surface area contributed by atoms with Crippen LogP contribution < -0.4 is 5.32 Å². The van der Waals surface area contributed by atoms with E-state index in [4.69, 9.17) is 11.6 Å². The predicted octanol–water partition coefficient (Wildman–Crippen LogP) is 4.06. The van der Waals surface area contributed by atoms with Crippen molar-refractivity contribution in [2.45, 2.75) is 18.6 Å². The van der Waals surface area contributed by atoms with E-state index in [0.29, 0.717) is 5.56 Å². The van der Waals surface area contributed by atoms with Gasteiger partial charge in [-0.15, -0.1) is 0 Å². The van der Waals surface area contributed by atoms with E-state index in [0.717, 1.165) is 12.1 Å². The van der Waals surface area contributed by atoms with Gasteiger partial charge in [-0.25, -0.2) is 0 Å². The summed E-state index contributed by atoms with van der Waals surface area (Å²) in [4.78, 5) is 32.8. The van der Waals surface area contributed by atoms with E-state index in [1.54, 1.807) is 0 Å². The van der Waals surface area contributed by atoms with Crippen molar-refractivity contribution in [2.75, 3.05) is 5.32 Å². The lowest BCUT2D eigenvalue weighted by Gasteiger charge is -2.10. The zero-order valence-electron chi connectivity index (χ0n) is 13.5. The second kappa shape index (κ2) is 8.17. The van der Waals surface area contributed by atoms with Crippen molar-refractivity contribution in [2.24, 2.45) is 0 Å². The molecule has 142 valence electrons. The minimum Gasteiger partial charge on any atom is -0.326 e. The minimum atomic E-state index is -4.46. The smallest absolute Gasteiger partial charge is 0.326 e. The summed E-state index contributed by atoms with van der Waals surface area (Å²) in [7, 11) is 0. The molecule has 10 heteroatoms. The Kier molecular flexibility index (Phi) is 6.17. The van der Waals surface area contributed by atoms with Crippen LogP contribution in [0.1, 0.15) is 22.7 Å². The van der Waals surface area contributed by atoms with E-state index in [9.17, 15) is 32.9 Å². The van der Waals surface area contributed by atoms with Crippen molar-refractivity contribution in [3.8, 4) is 0 Å². The quantitative estimate of drug-likeness (QED) is 0.450. The maximum Gasteiger partial charge on any atom is 0.416 e. The first-order valence-electron chi connectivity index (χ1n) is 7.46. The van der Waals surface area contributed by atoms with Crippen LogP contribution in [0.2, 0.25) is 5.02 Å². The first kappa shape index (κ1) is 20.4. The highest BCUT2D eigenvalue weighted by molar-refractivity contribution is 6.31. The number of carbonyl (C=O) groups excluding carboxylic acids is 2. The number of anilines is 1. The van der Waals surface area contributed by atoms with Gasteiger partial charge >= 0.3 is 6.18 Å². The van der Waals surface area contributed by atoms with Gasteiger partial charge in [0.25, 0.3) is 6.04 Å². The number of aldehydes is 1. The lowest BCUT2D eigenvalue weighted by atomic mass is 10.1. The standard InChI is InChI=1S/C17H12ClF3N2O4/c18-14-8-12(5-6-13(14)15(9-24)23(26)27)22-16(25)7-10-1-3-11(4-2-10)17(19,20)21/h1-6,8-9,15H,7H2,(H,22,25). The lowest BCUT2D eigenvalue weighted by Crippen LogP contribution is -2.15. The summed E-state index contributed by atoms with van der Waals surface area (Å²) in [5.74, 6) is -0.514. The van der Waals surface area contributed by atoms with Crippen LogP contribution in [0.5, 0.6) is 0 Å². The molecular formula is C17H12ClF3N2O4. The Morgan fingerprint density at radius 3 is 2.33 bits per heavy atom. The fraction of sp³-hybridized carbons (Fsp3) is 0.176. The Morgan fingerprint density at radius 1 is 1.22 bits per heavy atom. The summed E-state index contributed by atoms with van der Waals surface area (Å²) in [6, 6.07) is 6.38. The molecule has 6 nitrogen and oxygen atoms in total. The largest absolute Gasteiger partial charge is 0.416 e. The van der Waals surface area contributed by atoms with Gasteiger partial charge in [-0.05, 0) is 35.9 Å². The van der Waals surface area contributed by atoms with Crippen LogP contribution in [0.25, 0.3) is 0 Å². The van der Waals surface area contributed by atoms with Crippen LogP contribution in [0, 0.1) is 10.1 Å². The van der Waals surface area contributed by atoms with Gasteiger partial charge in [-0.1, -0.05) is 23.7 Å². The Labute approximate surface area is 156 Å². The Balaban J connectivity index is 2.06. The molecule has 0 saturated carbocycles. The Morgan fingerprint density at radius 2 is 1.85 bits per heavy atom. The summed E-state index contributed by atoms with van der Waals surface area (Å²) < 4.78 is 37.6. The van der Waals surface area contributed by atoms with E-state index < -0.39 is 28.6 Å². The molecule has 2 aromatic rings. The molecule has 0 saturated heterocycles. The van der Waals surface area contributed by atoms with Gasteiger partial charge in [-0.3, -0.25) is 19.7 Å². The molecule has 1 N–H and O–H groups in total. The van der Waals surface area contributed by atoms with Gasteiger partial charge in [0.2, 0.25) is 5.91 Å². The molecule has 27 heavy (non-hydrogen) atoms. The van der Waals surface area contributed by atoms with Crippen LogP contribution in [0.4, 0.5) is 18.9 Å². The van der Waals surface area contributed by atoms with Crippen LogP contribution >= 0.6 is 11.6 Å². The molecule has 0 aromatic heterocycles. The summed E-state index contributed by atoms with van der Waals surface area (Å²) in [6.07, 6.45) is -4.49. The topological polar surface area (TPSA) is 89.3 Å². The number of rotatable bonds is 6. The van der Waals surface area contributed by atoms with E-state index >= 15 is 0 Å². The number of hydrogen-bond donors (Lipinski definition) is 1. The van der Waals surface area contributed by atoms with Gasteiger partial charge in [0.15, 0.2) is 6.29 Å². The highest BCUT2D eigenvalue weighted by Crippen LogP contribution is 2.29. The molecule has 0 fully saturated rings. The van der Waals surface area contributed by atoms with E-state index in [1.165, 1.54) is 30.3 Å². The molecule has 2 aromatic carbocycles. The van der Waals surface area contributed by atoms with Crippen LogP contribution in [-0.2, 0) is 22.2 Å². The average Bonchev–Trinajstić information content (AvgIpc) is 2.56. The molecule has 1 amide bonds. The molecule has 0 aliphatic rings. The first-order chi connectivity index (χ1) is 12.6. The van der Waals surface area contributed by atoms with E-state index in [1.807, 2.05) is 0 Å². The molecule has 2 rings (SSSR count). The summed E-state index contributed by atoms with van der Waals surface area (Å²) in [5, 5.41) is 13.2. The number of carbonyl (C=O) groups is 2. The maximum absolute atomic E-state index is 12.5. The van der Waals surface area contributed by atoms with Crippen molar-refractivity contribution < 1.29 is 27.7 Å². The SMILES string of the molecule is O=CC(c1ccc(NC(=O)Cc2ccc(C(F)(F)F)cc2)cc1Cl)[N+](=O)[O-]. The molecule has 1 atom stereocenters. The first-order valence-corrected chi connectivity index (χ1v) is 7.84. The van der Waals surface area contributed by atoms with Crippen molar-refractivity contribution in [3.63, 3.8) is 0 Å². The number of nitrogens with one attached hydrogen (secondary N) is 1. The number of nitro groups is 1. The molecule has 1 unspecified atom stereocenters. The maximum atomic E-state index is 12.5. The van der Waals surface area contributed by atoms with E-state index in [-0.39, 0.29) is 29.0 Å². The van der Waals surface area contributed by atoms with Crippen molar-refractivity contribution in [1.82, 2.24) is 0 Å². The molecule has 0 aliphatic carbocycles. The second-order valence-electron chi connectivity index (χ2n) is 5.52. The number of benzene rings is 2. The molecule has 0 aliphatic heterocycles. The zero-order chi connectivity index (χ0) is 20.2. The molecule has 0 spiro atoms. The van der Waals surface area contributed by atoms with Crippen molar-refractivity contribution in [1.29, 1.82) is 0 Å². The summed E-state index contributed by atoms with van der Waals surface area (Å²) in [6.45, 7) is 0. The number of amides is 1. The highest BCUT2D eigenvalue weighted by atomic mass is 35.5. The van der Waals surface area contributed by atoms with E-state index in [2.05, 4.69) is 5.32 Å². The summed E-state index contributed by atoms with van der Waals surface area (Å²) >= 11 is 5.93.